The third-order valence-electron chi connectivity index (χ3n) is 4.83. The molecule has 0 amide bonds. The standard InChI is InChI=1S/C17H20N4O3/c1-17(24-2)3-5-21(6-4-17)15-12-7-11(10-22)19-9-14(12)20-16(23)13(15)8-18/h7,9,22H,3-6,10H2,1-2H3,(H,20,23). The summed E-state index contributed by atoms with van der Waals surface area (Å²) in [7, 11) is 1.71. The van der Waals surface area contributed by atoms with Crippen molar-refractivity contribution in [3.63, 3.8) is 0 Å². The Morgan fingerprint density at radius 2 is 2.21 bits per heavy atom. The first kappa shape index (κ1) is 16.4. The number of hydrogen-bond donors (Lipinski definition) is 2. The van der Waals surface area contributed by atoms with Crippen LogP contribution in [0.3, 0.4) is 0 Å². The number of piperidine rings is 1. The van der Waals surface area contributed by atoms with E-state index in [2.05, 4.69) is 21.8 Å². The summed E-state index contributed by atoms with van der Waals surface area (Å²) in [4.78, 5) is 21.1. The van der Waals surface area contributed by atoms with Crippen LogP contribution in [0.2, 0.25) is 0 Å². The molecule has 2 aromatic heterocycles. The van der Waals surface area contributed by atoms with E-state index in [1.54, 1.807) is 13.2 Å². The molecular weight excluding hydrogens is 308 g/mol. The van der Waals surface area contributed by atoms with E-state index in [-0.39, 0.29) is 17.8 Å². The van der Waals surface area contributed by atoms with Crippen LogP contribution in [0.15, 0.2) is 17.1 Å². The van der Waals surface area contributed by atoms with Gasteiger partial charge in [-0.25, -0.2) is 0 Å². The number of ether oxygens (including phenoxy) is 1. The number of nitrogens with one attached hydrogen (secondary N) is 1. The molecule has 0 aliphatic carbocycles. The molecule has 1 aliphatic heterocycles. The molecule has 126 valence electrons. The molecule has 0 radical (unpaired) electrons. The number of fused-ring (bicyclic) bond motifs is 1. The maximum Gasteiger partial charge on any atom is 0.268 e. The number of nitrogens with zero attached hydrogens (tertiary/aromatic N) is 3. The van der Waals surface area contributed by atoms with E-state index < -0.39 is 5.56 Å². The van der Waals surface area contributed by atoms with E-state index in [0.29, 0.717) is 30.0 Å². The average Bonchev–Trinajstić information content (AvgIpc) is 2.61. The summed E-state index contributed by atoms with van der Waals surface area (Å²) >= 11 is 0. The summed E-state index contributed by atoms with van der Waals surface area (Å²) in [6, 6.07) is 3.75. The number of aromatic amines is 1. The van der Waals surface area contributed by atoms with Crippen LogP contribution in [0.5, 0.6) is 0 Å². The van der Waals surface area contributed by atoms with Gasteiger partial charge >= 0.3 is 0 Å². The van der Waals surface area contributed by atoms with Gasteiger partial charge in [0.1, 0.15) is 11.6 Å². The first-order chi connectivity index (χ1) is 11.5. The number of methoxy groups -OCH3 is 1. The molecule has 0 bridgehead atoms. The van der Waals surface area contributed by atoms with E-state index >= 15 is 0 Å². The molecule has 0 saturated carbocycles. The van der Waals surface area contributed by atoms with Gasteiger partial charge in [0.05, 0.1) is 35.3 Å². The second-order valence-electron chi connectivity index (χ2n) is 6.31. The molecule has 3 rings (SSSR count). The molecule has 0 unspecified atom stereocenters. The molecule has 1 aliphatic rings. The Balaban J connectivity index is 2.15. The molecule has 0 aromatic carbocycles. The van der Waals surface area contributed by atoms with Crippen molar-refractivity contribution in [2.24, 2.45) is 0 Å². The van der Waals surface area contributed by atoms with Gasteiger partial charge in [-0.05, 0) is 25.8 Å². The van der Waals surface area contributed by atoms with E-state index in [4.69, 9.17) is 4.74 Å². The highest BCUT2D eigenvalue weighted by Crippen LogP contribution is 2.33. The summed E-state index contributed by atoms with van der Waals surface area (Å²) in [5.41, 5.74) is 1.17. The fourth-order valence-corrected chi connectivity index (χ4v) is 3.15. The number of H-pyrrole nitrogens is 1. The van der Waals surface area contributed by atoms with Gasteiger partial charge in [0.2, 0.25) is 0 Å². The van der Waals surface area contributed by atoms with Crippen molar-refractivity contribution in [3.8, 4) is 6.07 Å². The Morgan fingerprint density at radius 3 is 2.79 bits per heavy atom. The predicted octanol–water partition coefficient (Wildman–Crippen LogP) is 1.29. The average molecular weight is 328 g/mol. The normalized spacial score (nSPS) is 17.0. The Labute approximate surface area is 139 Å². The maximum absolute atomic E-state index is 12.3. The van der Waals surface area contributed by atoms with Crippen molar-refractivity contribution in [3.05, 3.63) is 33.9 Å². The van der Waals surface area contributed by atoms with Crippen molar-refractivity contribution < 1.29 is 9.84 Å². The number of aliphatic hydroxyl groups excluding tert-OH is 1. The highest BCUT2D eigenvalue weighted by atomic mass is 16.5. The summed E-state index contributed by atoms with van der Waals surface area (Å²) < 4.78 is 5.56. The predicted molar refractivity (Wildman–Crippen MR) is 89.9 cm³/mol. The molecule has 3 heterocycles. The molecule has 2 aromatic rings. The fraction of sp³-hybridized carbons (Fsp3) is 0.471. The van der Waals surface area contributed by atoms with Gasteiger partial charge in [0, 0.05) is 25.6 Å². The second-order valence-corrected chi connectivity index (χ2v) is 6.31. The minimum absolute atomic E-state index is 0.0959. The van der Waals surface area contributed by atoms with E-state index in [9.17, 15) is 15.2 Å². The first-order valence-corrected chi connectivity index (χ1v) is 7.87. The van der Waals surface area contributed by atoms with Gasteiger partial charge in [-0.2, -0.15) is 5.26 Å². The number of aromatic nitrogens is 2. The fourth-order valence-electron chi connectivity index (χ4n) is 3.15. The molecule has 7 nitrogen and oxygen atoms in total. The third-order valence-corrected chi connectivity index (χ3v) is 4.83. The lowest BCUT2D eigenvalue weighted by Crippen LogP contribution is -2.44. The number of pyridine rings is 2. The molecule has 24 heavy (non-hydrogen) atoms. The van der Waals surface area contributed by atoms with Gasteiger partial charge in [-0.15, -0.1) is 0 Å². The second kappa shape index (κ2) is 6.23. The van der Waals surface area contributed by atoms with Gasteiger partial charge in [-0.1, -0.05) is 0 Å². The van der Waals surface area contributed by atoms with Crippen molar-refractivity contribution >= 4 is 16.6 Å². The van der Waals surface area contributed by atoms with Gasteiger partial charge in [0.15, 0.2) is 0 Å². The Hall–Kier alpha value is -2.43. The Kier molecular flexibility index (Phi) is 4.26. The Bertz CT molecular complexity index is 860. The summed E-state index contributed by atoms with van der Waals surface area (Å²) in [6.07, 6.45) is 3.14. The van der Waals surface area contributed by atoms with E-state index in [0.717, 1.165) is 18.2 Å². The SMILES string of the molecule is COC1(C)CCN(c2c(C#N)c(=O)[nH]c3cnc(CO)cc23)CC1. The van der Waals surface area contributed by atoms with Crippen molar-refractivity contribution in [1.29, 1.82) is 5.26 Å². The maximum atomic E-state index is 12.3. The molecule has 7 heteroatoms. The van der Waals surface area contributed by atoms with Crippen LogP contribution in [0.4, 0.5) is 5.69 Å². The summed E-state index contributed by atoms with van der Waals surface area (Å²) in [6.45, 7) is 3.25. The van der Waals surface area contributed by atoms with E-state index in [1.807, 2.05) is 6.07 Å². The van der Waals surface area contributed by atoms with Gasteiger partial charge in [0.25, 0.3) is 5.56 Å². The molecule has 1 saturated heterocycles. The molecule has 0 spiro atoms. The zero-order valence-electron chi connectivity index (χ0n) is 13.8. The number of anilines is 1. The van der Waals surface area contributed by atoms with Crippen LogP contribution < -0.4 is 10.5 Å². The smallest absolute Gasteiger partial charge is 0.268 e. The minimum atomic E-state index is -0.418. The van der Waals surface area contributed by atoms with Crippen LogP contribution in [-0.4, -0.2) is 40.9 Å². The van der Waals surface area contributed by atoms with Crippen LogP contribution in [0, 0.1) is 11.3 Å². The number of rotatable bonds is 3. The largest absolute Gasteiger partial charge is 0.390 e. The highest BCUT2D eigenvalue weighted by Gasteiger charge is 2.31. The molecule has 1 fully saturated rings. The van der Waals surface area contributed by atoms with Crippen molar-refractivity contribution in [2.45, 2.75) is 32.0 Å². The summed E-state index contributed by atoms with van der Waals surface area (Å²) in [5, 5.41) is 19.6. The van der Waals surface area contributed by atoms with Crippen molar-refractivity contribution in [1.82, 2.24) is 9.97 Å². The molecule has 0 atom stereocenters. The number of aliphatic hydroxyl groups is 1. The lowest BCUT2D eigenvalue weighted by molar-refractivity contribution is -0.0132. The molecule has 2 N–H and O–H groups in total. The van der Waals surface area contributed by atoms with Crippen LogP contribution >= 0.6 is 0 Å². The van der Waals surface area contributed by atoms with Crippen molar-refractivity contribution in [2.75, 3.05) is 25.1 Å². The quantitative estimate of drug-likeness (QED) is 0.880. The topological polar surface area (TPSA) is 102 Å². The lowest BCUT2D eigenvalue weighted by Gasteiger charge is -2.40. The first-order valence-electron chi connectivity index (χ1n) is 7.87. The van der Waals surface area contributed by atoms with Gasteiger partial charge < -0.3 is 19.7 Å². The van der Waals surface area contributed by atoms with E-state index in [1.165, 1.54) is 6.20 Å². The zero-order chi connectivity index (χ0) is 17.3. The highest BCUT2D eigenvalue weighted by molar-refractivity contribution is 5.94. The molecular formula is C17H20N4O3. The zero-order valence-corrected chi connectivity index (χ0v) is 13.8. The third kappa shape index (κ3) is 2.75. The van der Waals surface area contributed by atoms with Gasteiger partial charge in [-0.3, -0.25) is 9.78 Å². The Morgan fingerprint density at radius 1 is 1.50 bits per heavy atom. The van der Waals surface area contributed by atoms with Crippen LogP contribution in [0.25, 0.3) is 10.9 Å². The number of hydrogen-bond acceptors (Lipinski definition) is 6. The van der Waals surface area contributed by atoms with Crippen LogP contribution in [0.1, 0.15) is 31.0 Å². The van der Waals surface area contributed by atoms with Crippen LogP contribution in [-0.2, 0) is 11.3 Å². The summed E-state index contributed by atoms with van der Waals surface area (Å²) in [5.74, 6) is 0. The lowest BCUT2D eigenvalue weighted by atomic mass is 9.92. The minimum Gasteiger partial charge on any atom is -0.390 e. The number of nitriles is 1. The monoisotopic (exact) mass is 328 g/mol.